The summed E-state index contributed by atoms with van der Waals surface area (Å²) in [7, 11) is 1.60. The topological polar surface area (TPSA) is 57.0 Å². The fraction of sp³-hybridized carbons (Fsp3) is 0.308. The van der Waals surface area contributed by atoms with Gasteiger partial charge in [-0.2, -0.15) is 0 Å². The van der Waals surface area contributed by atoms with E-state index in [1.807, 2.05) is 13.8 Å². The van der Waals surface area contributed by atoms with Crippen LogP contribution in [0.4, 0.5) is 0 Å². The van der Waals surface area contributed by atoms with Crippen molar-refractivity contribution in [3.63, 3.8) is 0 Å². The molecule has 0 N–H and O–H groups in total. The second kappa shape index (κ2) is 5.81. The van der Waals surface area contributed by atoms with E-state index in [0.29, 0.717) is 0 Å². The van der Waals surface area contributed by atoms with Gasteiger partial charge in [0.15, 0.2) is 5.15 Å². The molecule has 0 atom stereocenters. The van der Waals surface area contributed by atoms with E-state index in [1.165, 1.54) is 10.9 Å². The average molecular weight is 314 g/mol. The number of methoxy groups -OCH3 is 1. The van der Waals surface area contributed by atoms with Crippen molar-refractivity contribution in [3.8, 4) is 5.75 Å². The Hall–Kier alpha value is -1.59. The van der Waals surface area contributed by atoms with E-state index in [4.69, 9.17) is 27.9 Å². The van der Waals surface area contributed by atoms with Gasteiger partial charge in [-0.1, -0.05) is 23.2 Å². The largest absolute Gasteiger partial charge is 0.496 e. The Morgan fingerprint density at radius 3 is 2.65 bits per heavy atom. The van der Waals surface area contributed by atoms with E-state index in [9.17, 15) is 4.79 Å². The molecule has 0 fully saturated rings. The van der Waals surface area contributed by atoms with E-state index >= 15 is 0 Å². The van der Waals surface area contributed by atoms with E-state index in [-0.39, 0.29) is 16.7 Å². The molecule has 0 aliphatic carbocycles. The minimum Gasteiger partial charge on any atom is -0.496 e. The van der Waals surface area contributed by atoms with Crippen molar-refractivity contribution < 1.29 is 4.74 Å². The van der Waals surface area contributed by atoms with Crippen molar-refractivity contribution in [1.82, 2.24) is 14.5 Å². The molecule has 2 aromatic heterocycles. The van der Waals surface area contributed by atoms with E-state index in [1.54, 1.807) is 13.3 Å². The van der Waals surface area contributed by atoms with Crippen LogP contribution in [0.3, 0.4) is 0 Å². The maximum atomic E-state index is 12.0. The van der Waals surface area contributed by atoms with Gasteiger partial charge in [0.05, 0.1) is 25.7 Å². The van der Waals surface area contributed by atoms with Crippen LogP contribution >= 0.6 is 23.2 Å². The van der Waals surface area contributed by atoms with Crippen molar-refractivity contribution in [2.24, 2.45) is 0 Å². The summed E-state index contributed by atoms with van der Waals surface area (Å²) in [6.45, 7) is 4.06. The molecule has 106 valence electrons. The zero-order valence-electron chi connectivity index (χ0n) is 11.3. The summed E-state index contributed by atoms with van der Waals surface area (Å²) in [5, 5.41) is -0.0926. The highest BCUT2D eigenvalue weighted by Crippen LogP contribution is 2.24. The van der Waals surface area contributed by atoms with Gasteiger partial charge in [0.1, 0.15) is 10.8 Å². The maximum absolute atomic E-state index is 12.0. The number of rotatable bonds is 3. The Labute approximate surface area is 126 Å². The van der Waals surface area contributed by atoms with Gasteiger partial charge in [-0.25, -0.2) is 4.98 Å². The van der Waals surface area contributed by atoms with Gasteiger partial charge < -0.3 is 4.74 Å². The summed E-state index contributed by atoms with van der Waals surface area (Å²) in [6.07, 6.45) is 3.06. The normalized spacial score (nSPS) is 10.7. The lowest BCUT2D eigenvalue weighted by atomic mass is 10.1. The predicted octanol–water partition coefficient (Wildman–Crippen LogP) is 2.62. The number of ether oxygens (including phenoxy) is 1. The first-order valence-corrected chi connectivity index (χ1v) is 6.60. The van der Waals surface area contributed by atoms with Gasteiger partial charge in [-0.05, 0) is 13.8 Å². The molecule has 7 heteroatoms. The summed E-state index contributed by atoms with van der Waals surface area (Å²) < 4.78 is 6.70. The standard InChI is InChI=1S/C13H13Cl2N3O2/c1-7-4-16-9(8(2)11(7)20-3)5-18-6-17-12(15)10(14)13(18)19/h4,6H,5H2,1-3H3. The zero-order chi connectivity index (χ0) is 14.9. The molecule has 0 bridgehead atoms. The van der Waals surface area contributed by atoms with Gasteiger partial charge in [0.2, 0.25) is 0 Å². The Morgan fingerprint density at radius 1 is 1.30 bits per heavy atom. The summed E-state index contributed by atoms with van der Waals surface area (Å²) in [6, 6.07) is 0. The first-order valence-electron chi connectivity index (χ1n) is 5.85. The molecule has 0 amide bonds. The number of nitrogens with zero attached hydrogens (tertiary/aromatic N) is 3. The Kier molecular flexibility index (Phi) is 4.30. The fourth-order valence-electron chi connectivity index (χ4n) is 1.95. The van der Waals surface area contributed by atoms with Crippen LogP contribution < -0.4 is 10.3 Å². The van der Waals surface area contributed by atoms with Crippen molar-refractivity contribution in [1.29, 1.82) is 0 Å². The lowest BCUT2D eigenvalue weighted by molar-refractivity contribution is 0.406. The molecule has 2 heterocycles. The van der Waals surface area contributed by atoms with Gasteiger partial charge in [0, 0.05) is 17.3 Å². The monoisotopic (exact) mass is 313 g/mol. The predicted molar refractivity (Wildman–Crippen MR) is 77.9 cm³/mol. The van der Waals surface area contributed by atoms with Crippen LogP contribution in [0.1, 0.15) is 16.8 Å². The molecular weight excluding hydrogens is 301 g/mol. The number of halogens is 2. The Balaban J connectivity index is 2.46. The quantitative estimate of drug-likeness (QED) is 0.817. The SMILES string of the molecule is COc1c(C)cnc(Cn2cnc(Cl)c(Cl)c2=O)c1C. The first-order chi connectivity index (χ1) is 9.45. The molecule has 0 aliphatic rings. The van der Waals surface area contributed by atoms with Crippen LogP contribution in [0.5, 0.6) is 5.75 Å². The summed E-state index contributed by atoms with van der Waals surface area (Å²) in [4.78, 5) is 20.2. The van der Waals surface area contributed by atoms with Crippen LogP contribution in [-0.4, -0.2) is 21.6 Å². The zero-order valence-corrected chi connectivity index (χ0v) is 12.8. The fourth-order valence-corrected chi connectivity index (χ4v) is 2.23. The molecule has 5 nitrogen and oxygen atoms in total. The second-order valence-electron chi connectivity index (χ2n) is 4.33. The highest BCUT2D eigenvalue weighted by atomic mass is 35.5. The minimum atomic E-state index is -0.396. The molecule has 0 spiro atoms. The summed E-state index contributed by atoms with van der Waals surface area (Å²) in [5.74, 6) is 0.760. The highest BCUT2D eigenvalue weighted by Gasteiger charge is 2.12. The molecule has 20 heavy (non-hydrogen) atoms. The van der Waals surface area contributed by atoms with Crippen LogP contribution in [-0.2, 0) is 6.54 Å². The smallest absolute Gasteiger partial charge is 0.274 e. The van der Waals surface area contributed by atoms with Gasteiger partial charge in [-0.15, -0.1) is 0 Å². The van der Waals surface area contributed by atoms with Crippen LogP contribution in [0.2, 0.25) is 10.2 Å². The van der Waals surface area contributed by atoms with Crippen LogP contribution in [0.15, 0.2) is 17.3 Å². The summed E-state index contributed by atoms with van der Waals surface area (Å²) in [5.41, 5.74) is 2.14. The van der Waals surface area contributed by atoms with Gasteiger partial charge in [0.25, 0.3) is 5.56 Å². The van der Waals surface area contributed by atoms with Gasteiger partial charge >= 0.3 is 0 Å². The minimum absolute atomic E-state index is 0.000848. The third kappa shape index (κ3) is 2.64. The van der Waals surface area contributed by atoms with Crippen LogP contribution in [0, 0.1) is 13.8 Å². The van der Waals surface area contributed by atoms with Gasteiger partial charge in [-0.3, -0.25) is 14.3 Å². The van der Waals surface area contributed by atoms with Crippen molar-refractivity contribution in [3.05, 3.63) is 49.9 Å². The van der Waals surface area contributed by atoms with E-state index < -0.39 is 5.56 Å². The van der Waals surface area contributed by atoms with Crippen molar-refractivity contribution in [2.45, 2.75) is 20.4 Å². The van der Waals surface area contributed by atoms with E-state index in [0.717, 1.165) is 22.6 Å². The molecule has 2 aromatic rings. The Bertz CT molecular complexity index is 713. The molecule has 0 saturated heterocycles. The third-order valence-corrected chi connectivity index (χ3v) is 3.73. The molecule has 0 saturated carbocycles. The lowest BCUT2D eigenvalue weighted by Crippen LogP contribution is -2.22. The first kappa shape index (κ1) is 14.8. The maximum Gasteiger partial charge on any atom is 0.274 e. The van der Waals surface area contributed by atoms with Crippen molar-refractivity contribution >= 4 is 23.2 Å². The summed E-state index contributed by atoms with van der Waals surface area (Å²) >= 11 is 11.5. The Morgan fingerprint density at radius 2 is 2.00 bits per heavy atom. The number of aryl methyl sites for hydroxylation is 1. The number of hydrogen-bond acceptors (Lipinski definition) is 4. The second-order valence-corrected chi connectivity index (χ2v) is 5.06. The molecule has 0 aliphatic heterocycles. The molecular formula is C13H13Cl2N3O2. The van der Waals surface area contributed by atoms with E-state index in [2.05, 4.69) is 9.97 Å². The third-order valence-electron chi connectivity index (χ3n) is 3.01. The van der Waals surface area contributed by atoms with Crippen LogP contribution in [0.25, 0.3) is 0 Å². The number of pyridine rings is 1. The highest BCUT2D eigenvalue weighted by molar-refractivity contribution is 6.40. The molecule has 2 rings (SSSR count). The average Bonchev–Trinajstić information content (AvgIpc) is 2.43. The number of hydrogen-bond donors (Lipinski definition) is 0. The van der Waals surface area contributed by atoms with Crippen molar-refractivity contribution in [2.75, 3.05) is 7.11 Å². The molecule has 0 unspecified atom stereocenters. The molecule has 0 radical (unpaired) electrons. The number of aromatic nitrogens is 3. The molecule has 0 aromatic carbocycles. The lowest BCUT2D eigenvalue weighted by Gasteiger charge is -2.13.